The van der Waals surface area contributed by atoms with E-state index in [0.717, 1.165) is 71.5 Å². The summed E-state index contributed by atoms with van der Waals surface area (Å²) < 4.78 is 0. The molecule has 0 fully saturated rings. The molecule has 2 heterocycles. The van der Waals surface area contributed by atoms with E-state index in [9.17, 15) is 4.79 Å². The molecule has 0 aliphatic heterocycles. The average molecular weight is 489 g/mol. The van der Waals surface area contributed by atoms with Crippen LogP contribution >= 0.6 is 0 Å². The number of carbonyl (C=O) groups is 1. The Hall–Kier alpha value is -3.99. The summed E-state index contributed by atoms with van der Waals surface area (Å²) in [5, 5.41) is 9.94. The first kappa shape index (κ1) is 23.4. The van der Waals surface area contributed by atoms with Crippen LogP contribution in [0.3, 0.4) is 0 Å². The molecule has 1 aliphatic rings. The largest absolute Gasteiger partial charge is 0.384 e. The Labute approximate surface area is 217 Å². The maximum absolute atomic E-state index is 13.3. The second-order valence-corrected chi connectivity index (χ2v) is 9.90. The third-order valence-corrected chi connectivity index (χ3v) is 7.42. The third-order valence-electron chi connectivity index (χ3n) is 7.42. The highest BCUT2D eigenvalue weighted by Gasteiger charge is 2.18. The zero-order valence-electron chi connectivity index (χ0n) is 21.1. The predicted molar refractivity (Wildman–Crippen MR) is 152 cm³/mol. The quantitative estimate of drug-likeness (QED) is 0.186. The van der Waals surface area contributed by atoms with Gasteiger partial charge in [-0.1, -0.05) is 54.6 Å². The number of hydrogen-bond donors (Lipinski definition) is 2. The lowest BCUT2D eigenvalue weighted by molar-refractivity contribution is 0.0956. The zero-order valence-corrected chi connectivity index (χ0v) is 21.1. The molecule has 0 spiro atoms. The van der Waals surface area contributed by atoms with Crippen molar-refractivity contribution in [3.63, 3.8) is 0 Å². The van der Waals surface area contributed by atoms with E-state index in [1.807, 2.05) is 48.5 Å². The molecule has 37 heavy (non-hydrogen) atoms. The van der Waals surface area contributed by atoms with Crippen LogP contribution in [0.4, 0.5) is 5.69 Å². The van der Waals surface area contributed by atoms with E-state index in [4.69, 9.17) is 9.97 Å². The minimum atomic E-state index is -0.0252. The average Bonchev–Trinajstić information content (AvgIpc) is 2.94. The smallest absolute Gasteiger partial charge is 0.252 e. The summed E-state index contributed by atoms with van der Waals surface area (Å²) in [4.78, 5) is 22.9. The van der Waals surface area contributed by atoms with Gasteiger partial charge in [-0.25, -0.2) is 4.98 Å². The Kier molecular flexibility index (Phi) is 6.68. The number of para-hydroxylation sites is 3. The number of aromatic nitrogens is 2. The van der Waals surface area contributed by atoms with Crippen molar-refractivity contribution in [1.29, 1.82) is 0 Å². The molecule has 0 unspecified atom stereocenters. The van der Waals surface area contributed by atoms with E-state index in [1.165, 1.54) is 35.2 Å². The molecule has 0 radical (unpaired) electrons. The van der Waals surface area contributed by atoms with Gasteiger partial charge in [0.1, 0.15) is 0 Å². The third kappa shape index (κ3) is 4.74. The van der Waals surface area contributed by atoms with E-state index in [0.29, 0.717) is 6.54 Å². The molecule has 1 amide bonds. The van der Waals surface area contributed by atoms with Crippen LogP contribution < -0.4 is 10.6 Å². The van der Waals surface area contributed by atoms with Gasteiger partial charge in [0.25, 0.3) is 5.91 Å². The number of aryl methyl sites for hydroxylation is 1. The molecule has 5 nitrogen and oxygen atoms in total. The Morgan fingerprint density at radius 1 is 0.676 bits per heavy atom. The summed E-state index contributed by atoms with van der Waals surface area (Å²) in [5.74, 6) is -0.0252. The summed E-state index contributed by atoms with van der Waals surface area (Å²) in [5.41, 5.74) is 7.47. The Balaban J connectivity index is 1.06. The maximum atomic E-state index is 13.3. The number of nitrogens with zero attached hydrogens (tertiary/aromatic N) is 2. The summed E-state index contributed by atoms with van der Waals surface area (Å²) >= 11 is 0. The standard InChI is InChI=1S/C32H32N4O/c37-32(30-22-12-2-6-16-26(22)35-27-17-7-3-13-23(27)30)34-21-11-1-10-20-33-31-24-14-4-8-18-28(24)36-29-19-9-5-15-25(29)31/h2-4,6-8,12-14,16-18H,1,5,9-11,15,19-21H2,(H,33,36)(H,34,37). The van der Waals surface area contributed by atoms with Gasteiger partial charge < -0.3 is 10.6 Å². The molecular formula is C32H32N4O. The van der Waals surface area contributed by atoms with Gasteiger partial charge in [-0.15, -0.1) is 0 Å². The molecular weight excluding hydrogens is 456 g/mol. The van der Waals surface area contributed by atoms with E-state index in [-0.39, 0.29) is 5.91 Å². The van der Waals surface area contributed by atoms with Crippen LogP contribution in [-0.4, -0.2) is 29.0 Å². The number of pyridine rings is 2. The molecule has 0 saturated heterocycles. The van der Waals surface area contributed by atoms with Gasteiger partial charge in [0.15, 0.2) is 0 Å². The number of carbonyl (C=O) groups excluding carboxylic acids is 1. The van der Waals surface area contributed by atoms with Crippen LogP contribution in [0.1, 0.15) is 53.7 Å². The molecule has 1 aliphatic carbocycles. The molecule has 6 rings (SSSR count). The van der Waals surface area contributed by atoms with E-state index < -0.39 is 0 Å². The monoisotopic (exact) mass is 488 g/mol. The summed E-state index contributed by atoms with van der Waals surface area (Å²) in [7, 11) is 0. The van der Waals surface area contributed by atoms with Crippen LogP contribution in [0.15, 0.2) is 72.8 Å². The minimum absolute atomic E-state index is 0.0252. The number of benzene rings is 3. The van der Waals surface area contributed by atoms with Crippen LogP contribution in [0.2, 0.25) is 0 Å². The maximum Gasteiger partial charge on any atom is 0.252 e. The number of amides is 1. The van der Waals surface area contributed by atoms with Crippen LogP contribution in [0.5, 0.6) is 0 Å². The van der Waals surface area contributed by atoms with E-state index >= 15 is 0 Å². The molecule has 5 aromatic rings. The first-order valence-electron chi connectivity index (χ1n) is 13.5. The number of rotatable bonds is 8. The summed E-state index contributed by atoms with van der Waals surface area (Å²) in [6, 6.07) is 24.2. The molecule has 186 valence electrons. The molecule has 0 atom stereocenters. The first-order chi connectivity index (χ1) is 18.3. The molecule has 2 N–H and O–H groups in total. The highest BCUT2D eigenvalue weighted by molar-refractivity contribution is 6.16. The van der Waals surface area contributed by atoms with Crippen molar-refractivity contribution in [2.75, 3.05) is 18.4 Å². The lowest BCUT2D eigenvalue weighted by atomic mass is 9.92. The minimum Gasteiger partial charge on any atom is -0.384 e. The van der Waals surface area contributed by atoms with Crippen LogP contribution in [0, 0.1) is 0 Å². The van der Waals surface area contributed by atoms with Gasteiger partial charge in [0.2, 0.25) is 0 Å². The lowest BCUT2D eigenvalue weighted by Crippen LogP contribution is -2.25. The normalized spacial score (nSPS) is 13.1. The van der Waals surface area contributed by atoms with Gasteiger partial charge >= 0.3 is 0 Å². The number of hydrogen-bond acceptors (Lipinski definition) is 4. The van der Waals surface area contributed by atoms with Gasteiger partial charge in [-0.3, -0.25) is 9.78 Å². The van der Waals surface area contributed by atoms with Gasteiger partial charge in [-0.2, -0.15) is 0 Å². The molecule has 0 bridgehead atoms. The first-order valence-corrected chi connectivity index (χ1v) is 13.5. The molecule has 3 aromatic carbocycles. The Morgan fingerprint density at radius 2 is 1.27 bits per heavy atom. The number of fused-ring (bicyclic) bond motifs is 4. The van der Waals surface area contributed by atoms with Crippen molar-refractivity contribution in [2.24, 2.45) is 0 Å². The number of nitrogens with one attached hydrogen (secondary N) is 2. The second-order valence-electron chi connectivity index (χ2n) is 9.90. The summed E-state index contributed by atoms with van der Waals surface area (Å²) in [6.45, 7) is 1.59. The van der Waals surface area contributed by atoms with Crippen molar-refractivity contribution >= 4 is 44.3 Å². The van der Waals surface area contributed by atoms with Crippen molar-refractivity contribution in [1.82, 2.24) is 15.3 Å². The van der Waals surface area contributed by atoms with Crippen LogP contribution in [0.25, 0.3) is 32.7 Å². The van der Waals surface area contributed by atoms with E-state index in [2.05, 4.69) is 34.9 Å². The van der Waals surface area contributed by atoms with Gasteiger partial charge in [0, 0.05) is 40.6 Å². The van der Waals surface area contributed by atoms with Gasteiger partial charge in [0.05, 0.1) is 22.1 Å². The number of anilines is 1. The predicted octanol–water partition coefficient (Wildman–Crippen LogP) is 6.83. The fourth-order valence-electron chi connectivity index (χ4n) is 5.59. The number of unbranched alkanes of at least 4 members (excludes halogenated alkanes) is 2. The molecule has 2 aromatic heterocycles. The topological polar surface area (TPSA) is 66.9 Å². The SMILES string of the molecule is O=C(NCCCCCNc1c2c(nc3ccccc13)CCCC2)c1c2ccccc2nc2ccccc12. The van der Waals surface area contributed by atoms with Crippen molar-refractivity contribution < 1.29 is 4.79 Å². The van der Waals surface area contributed by atoms with Gasteiger partial charge in [-0.05, 0) is 68.7 Å². The highest BCUT2D eigenvalue weighted by Crippen LogP contribution is 2.33. The fourth-order valence-corrected chi connectivity index (χ4v) is 5.59. The molecule has 5 heteroatoms. The van der Waals surface area contributed by atoms with Crippen molar-refractivity contribution in [3.05, 3.63) is 89.6 Å². The Bertz CT molecular complexity index is 1540. The van der Waals surface area contributed by atoms with Crippen LogP contribution in [-0.2, 0) is 12.8 Å². The van der Waals surface area contributed by atoms with E-state index in [1.54, 1.807) is 0 Å². The van der Waals surface area contributed by atoms with Crippen molar-refractivity contribution in [3.8, 4) is 0 Å². The fraction of sp³-hybridized carbons (Fsp3) is 0.281. The highest BCUT2D eigenvalue weighted by atomic mass is 16.1. The molecule has 0 saturated carbocycles. The Morgan fingerprint density at radius 3 is 2.00 bits per heavy atom. The summed E-state index contributed by atoms with van der Waals surface area (Å²) in [6.07, 6.45) is 7.72. The van der Waals surface area contributed by atoms with Crippen molar-refractivity contribution in [2.45, 2.75) is 44.9 Å². The lowest BCUT2D eigenvalue weighted by Gasteiger charge is -2.21. The second kappa shape index (κ2) is 10.6. The zero-order chi connectivity index (χ0) is 25.0.